The molecule has 1 aliphatic rings. The van der Waals surface area contributed by atoms with Gasteiger partial charge in [-0.15, -0.1) is 11.3 Å². The molecule has 4 rings (SSSR count). The lowest BCUT2D eigenvalue weighted by Crippen LogP contribution is -2.39. The lowest BCUT2D eigenvalue weighted by atomic mass is 10.1. The van der Waals surface area contributed by atoms with Gasteiger partial charge in [0, 0.05) is 29.7 Å². The summed E-state index contributed by atoms with van der Waals surface area (Å²) >= 11 is 1.71. The van der Waals surface area contributed by atoms with Crippen LogP contribution in [0.1, 0.15) is 24.2 Å². The highest BCUT2D eigenvalue weighted by atomic mass is 32.1. The number of anilines is 1. The van der Waals surface area contributed by atoms with Crippen molar-refractivity contribution in [3.63, 3.8) is 0 Å². The second-order valence-electron chi connectivity index (χ2n) is 6.17. The fourth-order valence-corrected chi connectivity index (χ4v) is 4.14. The highest BCUT2D eigenvalue weighted by molar-refractivity contribution is 7.13. The van der Waals surface area contributed by atoms with E-state index in [1.165, 1.54) is 4.88 Å². The first kappa shape index (κ1) is 14.7. The van der Waals surface area contributed by atoms with Crippen LogP contribution in [0.2, 0.25) is 0 Å². The Kier molecular flexibility index (Phi) is 3.58. The third-order valence-electron chi connectivity index (χ3n) is 4.36. The zero-order valence-electron chi connectivity index (χ0n) is 13.4. The first-order valence-corrected chi connectivity index (χ1v) is 8.85. The van der Waals surface area contributed by atoms with Gasteiger partial charge < -0.3 is 10.0 Å². The maximum atomic E-state index is 10.0. The summed E-state index contributed by atoms with van der Waals surface area (Å²) < 4.78 is 1.94. The first-order chi connectivity index (χ1) is 11.1. The van der Waals surface area contributed by atoms with Crippen molar-refractivity contribution in [1.29, 1.82) is 0 Å². The summed E-state index contributed by atoms with van der Waals surface area (Å²) in [7, 11) is 0. The van der Waals surface area contributed by atoms with Crippen LogP contribution in [0.15, 0.2) is 23.6 Å². The van der Waals surface area contributed by atoms with Crippen molar-refractivity contribution in [1.82, 2.24) is 14.6 Å². The molecule has 1 fully saturated rings. The summed E-state index contributed by atoms with van der Waals surface area (Å²) in [5, 5.41) is 16.8. The molecule has 0 aliphatic carbocycles. The fraction of sp³-hybridized carbons (Fsp3) is 0.412. The summed E-state index contributed by atoms with van der Waals surface area (Å²) in [5.74, 6) is 1.03. The SMILES string of the molecule is Cc1cc(N2CCC[C@H](O)C2)n2nc(C)c(-c3cccs3)c2n1. The van der Waals surface area contributed by atoms with Crippen LogP contribution in [0.3, 0.4) is 0 Å². The van der Waals surface area contributed by atoms with Gasteiger partial charge in [0.2, 0.25) is 0 Å². The zero-order chi connectivity index (χ0) is 16.0. The van der Waals surface area contributed by atoms with Crippen LogP contribution in [0.4, 0.5) is 5.82 Å². The number of piperidine rings is 1. The van der Waals surface area contributed by atoms with Crippen LogP contribution < -0.4 is 4.90 Å². The number of aliphatic hydroxyl groups is 1. The quantitative estimate of drug-likeness (QED) is 0.785. The largest absolute Gasteiger partial charge is 0.391 e. The number of fused-ring (bicyclic) bond motifs is 1. The predicted octanol–water partition coefficient (Wildman–Crippen LogP) is 3.04. The third kappa shape index (κ3) is 2.52. The molecular weight excluding hydrogens is 308 g/mol. The van der Waals surface area contributed by atoms with Crippen molar-refractivity contribution in [2.45, 2.75) is 32.8 Å². The molecule has 0 spiro atoms. The zero-order valence-corrected chi connectivity index (χ0v) is 14.2. The molecule has 0 radical (unpaired) electrons. The summed E-state index contributed by atoms with van der Waals surface area (Å²) in [6.07, 6.45) is 1.62. The number of nitrogens with zero attached hydrogens (tertiary/aromatic N) is 4. The second kappa shape index (κ2) is 5.62. The molecule has 1 aliphatic heterocycles. The minimum absolute atomic E-state index is 0.263. The molecule has 0 saturated carbocycles. The number of thiophene rings is 1. The Labute approximate surface area is 139 Å². The Morgan fingerprint density at radius 2 is 2.22 bits per heavy atom. The van der Waals surface area contributed by atoms with E-state index in [1.54, 1.807) is 11.3 Å². The maximum Gasteiger partial charge on any atom is 0.166 e. The van der Waals surface area contributed by atoms with Crippen molar-refractivity contribution >= 4 is 22.8 Å². The monoisotopic (exact) mass is 328 g/mol. The molecular formula is C17H20N4OS. The van der Waals surface area contributed by atoms with Crippen molar-refractivity contribution in [2.24, 2.45) is 0 Å². The van der Waals surface area contributed by atoms with Gasteiger partial charge in [-0.25, -0.2) is 4.98 Å². The molecule has 0 bridgehead atoms. The van der Waals surface area contributed by atoms with Crippen molar-refractivity contribution in [3.8, 4) is 10.4 Å². The normalized spacial score (nSPS) is 18.7. The first-order valence-electron chi connectivity index (χ1n) is 7.97. The number of β-amino-alcohol motifs (C(OH)–C–C–N with tert-alkyl or cyclic N) is 1. The van der Waals surface area contributed by atoms with E-state index in [9.17, 15) is 5.11 Å². The van der Waals surface area contributed by atoms with E-state index >= 15 is 0 Å². The van der Waals surface area contributed by atoms with Gasteiger partial charge in [-0.3, -0.25) is 0 Å². The van der Waals surface area contributed by atoms with Gasteiger partial charge in [-0.2, -0.15) is 9.61 Å². The Balaban J connectivity index is 1.91. The van der Waals surface area contributed by atoms with Crippen molar-refractivity contribution in [2.75, 3.05) is 18.0 Å². The van der Waals surface area contributed by atoms with Gasteiger partial charge in [-0.05, 0) is 38.1 Å². The summed E-state index contributed by atoms with van der Waals surface area (Å²) in [4.78, 5) is 8.16. The molecule has 0 aromatic carbocycles. The number of rotatable bonds is 2. The minimum Gasteiger partial charge on any atom is -0.391 e. The van der Waals surface area contributed by atoms with E-state index in [0.29, 0.717) is 6.54 Å². The van der Waals surface area contributed by atoms with Gasteiger partial charge in [0.1, 0.15) is 5.82 Å². The van der Waals surface area contributed by atoms with E-state index in [2.05, 4.69) is 28.5 Å². The van der Waals surface area contributed by atoms with Crippen LogP contribution >= 0.6 is 11.3 Å². The molecule has 120 valence electrons. The van der Waals surface area contributed by atoms with E-state index < -0.39 is 0 Å². The van der Waals surface area contributed by atoms with Crippen LogP contribution in [-0.2, 0) is 0 Å². The van der Waals surface area contributed by atoms with E-state index in [4.69, 9.17) is 10.1 Å². The average Bonchev–Trinajstić information content (AvgIpc) is 3.13. The van der Waals surface area contributed by atoms with Gasteiger partial charge in [0.25, 0.3) is 0 Å². The van der Waals surface area contributed by atoms with E-state index in [-0.39, 0.29) is 6.10 Å². The minimum atomic E-state index is -0.263. The molecule has 4 heterocycles. The molecule has 6 heteroatoms. The third-order valence-corrected chi connectivity index (χ3v) is 5.25. The topological polar surface area (TPSA) is 53.7 Å². The predicted molar refractivity (Wildman–Crippen MR) is 93.2 cm³/mol. The highest BCUT2D eigenvalue weighted by Crippen LogP contribution is 2.33. The van der Waals surface area contributed by atoms with Gasteiger partial charge >= 0.3 is 0 Å². The van der Waals surface area contributed by atoms with Crippen LogP contribution in [0.25, 0.3) is 16.1 Å². The average molecular weight is 328 g/mol. The van der Waals surface area contributed by atoms with Gasteiger partial charge in [0.05, 0.1) is 17.4 Å². The van der Waals surface area contributed by atoms with Crippen LogP contribution in [0.5, 0.6) is 0 Å². The molecule has 23 heavy (non-hydrogen) atoms. The summed E-state index contributed by atoms with van der Waals surface area (Å²) in [6.45, 7) is 5.66. The molecule has 0 amide bonds. The number of aromatic nitrogens is 3. The van der Waals surface area contributed by atoms with Crippen LogP contribution in [-0.4, -0.2) is 38.9 Å². The summed E-state index contributed by atoms with van der Waals surface area (Å²) in [5.41, 5.74) is 3.98. The molecule has 5 nitrogen and oxygen atoms in total. The van der Waals surface area contributed by atoms with Crippen LogP contribution in [0, 0.1) is 13.8 Å². The Bertz CT molecular complexity index is 840. The number of aryl methyl sites for hydroxylation is 2. The summed E-state index contributed by atoms with van der Waals surface area (Å²) in [6, 6.07) is 6.24. The number of hydrogen-bond donors (Lipinski definition) is 1. The van der Waals surface area contributed by atoms with Crippen molar-refractivity contribution in [3.05, 3.63) is 35.0 Å². The number of aliphatic hydroxyl groups excluding tert-OH is 1. The number of hydrogen-bond acceptors (Lipinski definition) is 5. The Morgan fingerprint density at radius 1 is 1.35 bits per heavy atom. The van der Waals surface area contributed by atoms with E-state index in [0.717, 1.165) is 47.8 Å². The lowest BCUT2D eigenvalue weighted by Gasteiger charge is -2.32. The molecule has 1 atom stereocenters. The maximum absolute atomic E-state index is 10.0. The molecule has 3 aromatic heterocycles. The Hall–Kier alpha value is -1.92. The van der Waals surface area contributed by atoms with Gasteiger partial charge in [0.15, 0.2) is 5.65 Å². The smallest absolute Gasteiger partial charge is 0.166 e. The lowest BCUT2D eigenvalue weighted by molar-refractivity contribution is 0.153. The highest BCUT2D eigenvalue weighted by Gasteiger charge is 2.23. The molecule has 3 aromatic rings. The molecule has 1 saturated heterocycles. The van der Waals surface area contributed by atoms with E-state index in [1.807, 2.05) is 18.4 Å². The molecule has 1 N–H and O–H groups in total. The van der Waals surface area contributed by atoms with Crippen molar-refractivity contribution < 1.29 is 5.11 Å². The standard InChI is InChI=1S/C17H20N4OS/c1-11-9-15(20-7-3-5-13(22)10-20)21-17(18-11)16(12(2)19-21)14-6-4-8-23-14/h4,6,8-9,13,22H,3,5,7,10H2,1-2H3/t13-/m0/s1. The van der Waals surface area contributed by atoms with Gasteiger partial charge in [-0.1, -0.05) is 6.07 Å². The Morgan fingerprint density at radius 3 is 2.96 bits per heavy atom. The second-order valence-corrected chi connectivity index (χ2v) is 7.12. The molecule has 0 unspecified atom stereocenters. The fourth-order valence-electron chi connectivity index (χ4n) is 3.32.